The van der Waals surface area contributed by atoms with Crippen molar-refractivity contribution in [2.24, 2.45) is 5.92 Å². The molecular formula is C20H28N2O4. The average Bonchev–Trinajstić information content (AvgIpc) is 2.67. The monoisotopic (exact) mass is 360 g/mol. The van der Waals surface area contributed by atoms with E-state index in [0.29, 0.717) is 5.69 Å². The summed E-state index contributed by atoms with van der Waals surface area (Å²) in [5.74, 6) is -1.13. The average molecular weight is 360 g/mol. The first-order valence-corrected chi connectivity index (χ1v) is 9.36. The molecule has 2 N–H and O–H groups in total. The molecule has 1 saturated carbocycles. The molecule has 0 spiro atoms. The Labute approximate surface area is 154 Å². The van der Waals surface area contributed by atoms with E-state index in [0.717, 1.165) is 32.1 Å². The van der Waals surface area contributed by atoms with Gasteiger partial charge in [-0.3, -0.25) is 14.4 Å². The van der Waals surface area contributed by atoms with Gasteiger partial charge in [-0.25, -0.2) is 0 Å². The Morgan fingerprint density at radius 3 is 2.38 bits per heavy atom. The highest BCUT2D eigenvalue weighted by atomic mass is 16.5. The molecule has 26 heavy (non-hydrogen) atoms. The Bertz CT molecular complexity index is 621. The van der Waals surface area contributed by atoms with Gasteiger partial charge in [0.1, 0.15) is 6.54 Å². The molecule has 1 aromatic rings. The standard InChI is InChI=1S/C20H28N2O4/c1-3-15-9-11-17(12-10-15)22-19(24)14(2)26-18(23)13-21-20(25)16-7-5-4-6-8-16/h9-12,14,16H,3-8,13H2,1-2H3,(H,21,25)(H,22,24)/t14-/m0/s1. The van der Waals surface area contributed by atoms with Crippen molar-refractivity contribution in [2.45, 2.75) is 58.5 Å². The minimum Gasteiger partial charge on any atom is -0.451 e. The Hall–Kier alpha value is -2.37. The second-order valence-corrected chi connectivity index (χ2v) is 6.72. The number of amides is 2. The van der Waals surface area contributed by atoms with E-state index in [9.17, 15) is 14.4 Å². The lowest BCUT2D eigenvalue weighted by Gasteiger charge is -2.20. The maximum atomic E-state index is 12.1. The quantitative estimate of drug-likeness (QED) is 0.732. The fourth-order valence-corrected chi connectivity index (χ4v) is 3.03. The van der Waals surface area contributed by atoms with E-state index >= 15 is 0 Å². The number of esters is 1. The van der Waals surface area contributed by atoms with Gasteiger partial charge < -0.3 is 15.4 Å². The molecule has 1 aromatic carbocycles. The van der Waals surface area contributed by atoms with Gasteiger partial charge in [-0.05, 0) is 43.9 Å². The normalized spacial score (nSPS) is 15.8. The highest BCUT2D eigenvalue weighted by molar-refractivity contribution is 5.95. The summed E-state index contributed by atoms with van der Waals surface area (Å²) in [7, 11) is 0. The highest BCUT2D eigenvalue weighted by Gasteiger charge is 2.23. The summed E-state index contributed by atoms with van der Waals surface area (Å²) in [5.41, 5.74) is 1.83. The first kappa shape index (κ1) is 19.9. The van der Waals surface area contributed by atoms with E-state index in [1.54, 1.807) is 0 Å². The number of anilines is 1. The minimum atomic E-state index is -0.931. The fourth-order valence-electron chi connectivity index (χ4n) is 3.03. The number of carbonyl (C=O) groups excluding carboxylic acids is 3. The van der Waals surface area contributed by atoms with Crippen molar-refractivity contribution < 1.29 is 19.1 Å². The van der Waals surface area contributed by atoms with Crippen LogP contribution < -0.4 is 10.6 Å². The molecule has 0 bridgehead atoms. The molecule has 0 unspecified atom stereocenters. The minimum absolute atomic E-state index is 0.0108. The van der Waals surface area contributed by atoms with Crippen LogP contribution in [-0.2, 0) is 25.5 Å². The van der Waals surface area contributed by atoms with Gasteiger partial charge in [-0.1, -0.05) is 38.3 Å². The van der Waals surface area contributed by atoms with Gasteiger partial charge in [0.15, 0.2) is 6.10 Å². The van der Waals surface area contributed by atoms with Crippen LogP contribution in [0.4, 0.5) is 5.69 Å². The number of nitrogens with one attached hydrogen (secondary N) is 2. The molecule has 0 aromatic heterocycles. The molecule has 6 heteroatoms. The van der Waals surface area contributed by atoms with Crippen LogP contribution in [0.3, 0.4) is 0 Å². The smallest absolute Gasteiger partial charge is 0.326 e. The second-order valence-electron chi connectivity index (χ2n) is 6.72. The third kappa shape index (κ3) is 6.17. The van der Waals surface area contributed by atoms with E-state index in [-0.39, 0.29) is 18.4 Å². The third-order valence-corrected chi connectivity index (χ3v) is 4.69. The van der Waals surface area contributed by atoms with Crippen molar-refractivity contribution in [1.29, 1.82) is 0 Å². The number of ether oxygens (including phenoxy) is 1. The Kier molecular flexibility index (Phi) is 7.63. The van der Waals surface area contributed by atoms with Crippen LogP contribution in [0.15, 0.2) is 24.3 Å². The lowest BCUT2D eigenvalue weighted by Crippen LogP contribution is -2.38. The predicted octanol–water partition coefficient (Wildman–Crippen LogP) is 2.82. The zero-order valence-electron chi connectivity index (χ0n) is 15.5. The van der Waals surface area contributed by atoms with Crippen LogP contribution in [0.1, 0.15) is 51.5 Å². The Morgan fingerprint density at radius 2 is 1.77 bits per heavy atom. The van der Waals surface area contributed by atoms with E-state index in [1.807, 2.05) is 24.3 Å². The zero-order chi connectivity index (χ0) is 18.9. The van der Waals surface area contributed by atoms with E-state index < -0.39 is 18.0 Å². The number of benzene rings is 1. The van der Waals surface area contributed by atoms with E-state index in [2.05, 4.69) is 17.6 Å². The summed E-state index contributed by atoms with van der Waals surface area (Å²) in [5, 5.41) is 5.33. The maximum absolute atomic E-state index is 12.1. The van der Waals surface area contributed by atoms with E-state index in [1.165, 1.54) is 18.9 Å². The van der Waals surface area contributed by atoms with Crippen LogP contribution in [0.5, 0.6) is 0 Å². The topological polar surface area (TPSA) is 84.5 Å². The van der Waals surface area contributed by atoms with Crippen molar-refractivity contribution in [3.05, 3.63) is 29.8 Å². The highest BCUT2D eigenvalue weighted by Crippen LogP contribution is 2.23. The van der Waals surface area contributed by atoms with Gasteiger partial charge in [0.25, 0.3) is 5.91 Å². The first-order valence-electron chi connectivity index (χ1n) is 9.36. The molecule has 6 nitrogen and oxygen atoms in total. The summed E-state index contributed by atoms with van der Waals surface area (Å²) < 4.78 is 5.10. The molecule has 2 rings (SSSR count). The van der Waals surface area contributed by atoms with Gasteiger partial charge in [0, 0.05) is 11.6 Å². The SMILES string of the molecule is CCc1ccc(NC(=O)[C@H](C)OC(=O)CNC(=O)C2CCCCC2)cc1. The van der Waals surface area contributed by atoms with Gasteiger partial charge in [-0.2, -0.15) is 0 Å². The second kappa shape index (κ2) is 9.94. The molecule has 2 amide bonds. The summed E-state index contributed by atoms with van der Waals surface area (Å²) in [6.07, 6.45) is 5.01. The lowest BCUT2D eigenvalue weighted by molar-refractivity contribution is -0.153. The zero-order valence-corrected chi connectivity index (χ0v) is 15.5. The van der Waals surface area contributed by atoms with Gasteiger partial charge in [0.05, 0.1) is 0 Å². The molecule has 0 aliphatic heterocycles. The number of hydrogen-bond acceptors (Lipinski definition) is 4. The van der Waals surface area contributed by atoms with Crippen LogP contribution in [0.25, 0.3) is 0 Å². The molecule has 142 valence electrons. The number of carbonyl (C=O) groups is 3. The predicted molar refractivity (Wildman–Crippen MR) is 99.6 cm³/mol. The van der Waals surface area contributed by atoms with Crippen molar-refractivity contribution in [2.75, 3.05) is 11.9 Å². The van der Waals surface area contributed by atoms with Crippen LogP contribution >= 0.6 is 0 Å². The van der Waals surface area contributed by atoms with Crippen LogP contribution in [-0.4, -0.2) is 30.4 Å². The molecule has 0 radical (unpaired) electrons. The number of hydrogen-bond donors (Lipinski definition) is 2. The summed E-state index contributed by atoms with van der Waals surface area (Å²) in [6, 6.07) is 7.51. The van der Waals surface area contributed by atoms with E-state index in [4.69, 9.17) is 4.74 Å². The molecule has 1 fully saturated rings. The van der Waals surface area contributed by atoms with Crippen molar-refractivity contribution in [3.8, 4) is 0 Å². The van der Waals surface area contributed by atoms with Crippen molar-refractivity contribution >= 4 is 23.5 Å². The molecule has 1 aliphatic rings. The summed E-state index contributed by atoms with van der Waals surface area (Å²) in [4.78, 5) is 36.0. The third-order valence-electron chi connectivity index (χ3n) is 4.69. The molecule has 0 saturated heterocycles. The van der Waals surface area contributed by atoms with Gasteiger partial charge in [-0.15, -0.1) is 0 Å². The first-order chi connectivity index (χ1) is 12.5. The number of rotatable bonds is 7. The maximum Gasteiger partial charge on any atom is 0.326 e. The Morgan fingerprint density at radius 1 is 1.12 bits per heavy atom. The van der Waals surface area contributed by atoms with Crippen LogP contribution in [0.2, 0.25) is 0 Å². The number of aryl methyl sites for hydroxylation is 1. The van der Waals surface area contributed by atoms with Crippen molar-refractivity contribution in [3.63, 3.8) is 0 Å². The molecule has 0 heterocycles. The summed E-state index contributed by atoms with van der Waals surface area (Å²) >= 11 is 0. The largest absolute Gasteiger partial charge is 0.451 e. The summed E-state index contributed by atoms with van der Waals surface area (Å²) in [6.45, 7) is 3.36. The van der Waals surface area contributed by atoms with Crippen LogP contribution in [0, 0.1) is 5.92 Å². The Balaban J connectivity index is 1.72. The fraction of sp³-hybridized carbons (Fsp3) is 0.550. The molecular weight excluding hydrogens is 332 g/mol. The molecule has 1 atom stereocenters. The van der Waals surface area contributed by atoms with Gasteiger partial charge >= 0.3 is 5.97 Å². The van der Waals surface area contributed by atoms with Gasteiger partial charge in [0.2, 0.25) is 5.91 Å². The molecule has 1 aliphatic carbocycles. The lowest BCUT2D eigenvalue weighted by atomic mass is 9.89. The van der Waals surface area contributed by atoms with Crippen molar-refractivity contribution in [1.82, 2.24) is 5.32 Å².